The van der Waals surface area contributed by atoms with E-state index in [1.54, 1.807) is 18.2 Å². The highest BCUT2D eigenvalue weighted by Gasteiger charge is 2.13. The number of aliphatic hydroxyl groups excluding tert-OH is 1. The van der Waals surface area contributed by atoms with Crippen molar-refractivity contribution in [3.63, 3.8) is 0 Å². The van der Waals surface area contributed by atoms with Gasteiger partial charge in [-0.15, -0.1) is 0 Å². The zero-order valence-electron chi connectivity index (χ0n) is 9.01. The molecule has 0 aliphatic rings. The number of rotatable bonds is 2. The van der Waals surface area contributed by atoms with Crippen LogP contribution in [0.25, 0.3) is 11.1 Å². The predicted molar refractivity (Wildman–Crippen MR) is 73.5 cm³/mol. The molecule has 2 rings (SSSR count). The van der Waals surface area contributed by atoms with Crippen molar-refractivity contribution in [1.29, 1.82) is 0 Å². The van der Waals surface area contributed by atoms with E-state index in [0.29, 0.717) is 16.7 Å². The Labute approximate surface area is 118 Å². The molecule has 0 saturated heterocycles. The van der Waals surface area contributed by atoms with E-state index < -0.39 is 0 Å². The van der Waals surface area contributed by atoms with Crippen molar-refractivity contribution in [3.05, 3.63) is 55.4 Å². The van der Waals surface area contributed by atoms with Gasteiger partial charge in [-0.25, -0.2) is 0 Å². The number of H-pyrrole nitrogens is 1. The third kappa shape index (κ3) is 2.40. The topological polar surface area (TPSA) is 53.1 Å². The van der Waals surface area contributed by atoms with Crippen LogP contribution in [0.15, 0.2) is 29.2 Å². The number of hydrogen-bond donors (Lipinski definition) is 2. The van der Waals surface area contributed by atoms with Crippen molar-refractivity contribution >= 4 is 34.8 Å². The van der Waals surface area contributed by atoms with Crippen molar-refractivity contribution in [2.24, 2.45) is 0 Å². The highest BCUT2D eigenvalue weighted by Crippen LogP contribution is 2.34. The first-order chi connectivity index (χ1) is 8.54. The predicted octanol–water partition coefficient (Wildman–Crippen LogP) is 3.49. The van der Waals surface area contributed by atoms with Crippen LogP contribution in [0.4, 0.5) is 0 Å². The fourth-order valence-corrected chi connectivity index (χ4v) is 2.26. The van der Waals surface area contributed by atoms with Crippen LogP contribution in [-0.4, -0.2) is 10.1 Å². The van der Waals surface area contributed by atoms with Crippen LogP contribution in [0.2, 0.25) is 15.1 Å². The van der Waals surface area contributed by atoms with Gasteiger partial charge in [-0.05, 0) is 29.3 Å². The normalized spacial score (nSPS) is 10.7. The van der Waals surface area contributed by atoms with Crippen LogP contribution >= 0.6 is 34.8 Å². The van der Waals surface area contributed by atoms with Gasteiger partial charge in [0.15, 0.2) is 0 Å². The number of halogens is 3. The molecule has 3 nitrogen and oxygen atoms in total. The Kier molecular flexibility index (Phi) is 3.97. The zero-order chi connectivity index (χ0) is 13.3. The number of aliphatic hydroxyl groups is 1. The zero-order valence-corrected chi connectivity index (χ0v) is 11.3. The fraction of sp³-hybridized carbons (Fsp3) is 0.0833. The van der Waals surface area contributed by atoms with Crippen molar-refractivity contribution in [2.45, 2.75) is 6.61 Å². The van der Waals surface area contributed by atoms with Gasteiger partial charge in [-0.3, -0.25) is 4.79 Å². The molecule has 2 aromatic rings. The summed E-state index contributed by atoms with van der Waals surface area (Å²) in [5.74, 6) is 0. The SMILES string of the molecule is O=c1[nH]ccc(CO)c1-c1cc(Cl)c(Cl)c(Cl)c1. The molecular weight excluding hydrogens is 296 g/mol. The van der Waals surface area contributed by atoms with Crippen LogP contribution in [0.3, 0.4) is 0 Å². The summed E-state index contributed by atoms with van der Waals surface area (Å²) in [6, 6.07) is 4.70. The van der Waals surface area contributed by atoms with E-state index in [-0.39, 0.29) is 27.2 Å². The Bertz CT molecular complexity index is 629. The highest BCUT2D eigenvalue weighted by atomic mass is 35.5. The molecule has 1 aromatic heterocycles. The maximum Gasteiger partial charge on any atom is 0.256 e. The number of hydrogen-bond acceptors (Lipinski definition) is 2. The van der Waals surface area contributed by atoms with E-state index in [1.165, 1.54) is 6.20 Å². The third-order valence-electron chi connectivity index (χ3n) is 2.49. The average Bonchev–Trinajstić information content (AvgIpc) is 2.35. The molecule has 0 aliphatic carbocycles. The lowest BCUT2D eigenvalue weighted by Gasteiger charge is -2.08. The Morgan fingerprint density at radius 3 is 2.33 bits per heavy atom. The number of benzene rings is 1. The van der Waals surface area contributed by atoms with Gasteiger partial charge >= 0.3 is 0 Å². The summed E-state index contributed by atoms with van der Waals surface area (Å²) in [5, 5.41) is 10.0. The minimum absolute atomic E-state index is 0.236. The van der Waals surface area contributed by atoms with E-state index in [9.17, 15) is 9.90 Å². The van der Waals surface area contributed by atoms with Gasteiger partial charge in [-0.2, -0.15) is 0 Å². The summed E-state index contributed by atoms with van der Waals surface area (Å²) in [7, 11) is 0. The van der Waals surface area contributed by atoms with Crippen molar-refractivity contribution in [2.75, 3.05) is 0 Å². The molecule has 0 bridgehead atoms. The first-order valence-electron chi connectivity index (χ1n) is 5.01. The summed E-state index contributed by atoms with van der Waals surface area (Å²) in [6.07, 6.45) is 1.47. The molecule has 94 valence electrons. The fourth-order valence-electron chi connectivity index (χ4n) is 1.67. The largest absolute Gasteiger partial charge is 0.392 e. The maximum atomic E-state index is 11.8. The molecule has 0 saturated carbocycles. The second kappa shape index (κ2) is 5.33. The van der Waals surface area contributed by atoms with E-state index in [1.807, 2.05) is 0 Å². The van der Waals surface area contributed by atoms with E-state index in [4.69, 9.17) is 34.8 Å². The molecule has 18 heavy (non-hydrogen) atoms. The number of pyridine rings is 1. The van der Waals surface area contributed by atoms with Gasteiger partial charge in [0.2, 0.25) is 0 Å². The molecule has 0 aliphatic heterocycles. The van der Waals surface area contributed by atoms with Gasteiger partial charge in [0.25, 0.3) is 5.56 Å². The van der Waals surface area contributed by atoms with Crippen molar-refractivity contribution in [3.8, 4) is 11.1 Å². The van der Waals surface area contributed by atoms with Crippen molar-refractivity contribution in [1.82, 2.24) is 4.98 Å². The van der Waals surface area contributed by atoms with Crippen LogP contribution < -0.4 is 5.56 Å². The Hall–Kier alpha value is -1.000. The molecule has 2 N–H and O–H groups in total. The van der Waals surface area contributed by atoms with E-state index in [0.717, 1.165) is 0 Å². The number of aromatic amines is 1. The Morgan fingerprint density at radius 1 is 1.17 bits per heavy atom. The van der Waals surface area contributed by atoms with Crippen molar-refractivity contribution < 1.29 is 5.11 Å². The average molecular weight is 305 g/mol. The van der Waals surface area contributed by atoms with Crippen LogP contribution in [0.1, 0.15) is 5.56 Å². The second-order valence-corrected chi connectivity index (χ2v) is 4.81. The highest BCUT2D eigenvalue weighted by molar-refractivity contribution is 6.48. The minimum atomic E-state index is -0.323. The van der Waals surface area contributed by atoms with Gasteiger partial charge in [0.1, 0.15) is 0 Å². The van der Waals surface area contributed by atoms with Crippen LogP contribution in [0.5, 0.6) is 0 Å². The molecule has 6 heteroatoms. The lowest BCUT2D eigenvalue weighted by Crippen LogP contribution is -2.11. The smallest absolute Gasteiger partial charge is 0.256 e. The summed E-state index contributed by atoms with van der Waals surface area (Å²) < 4.78 is 0. The van der Waals surface area contributed by atoms with Crippen LogP contribution in [-0.2, 0) is 6.61 Å². The standard InChI is InChI=1S/C12H8Cl3NO2/c13-8-3-7(4-9(14)11(8)15)10-6(5-17)1-2-16-12(10)18/h1-4,17H,5H2,(H,16,18). The Balaban J connectivity index is 2.73. The molecule has 0 atom stereocenters. The van der Waals surface area contributed by atoms with Gasteiger partial charge in [0, 0.05) is 6.20 Å². The lowest BCUT2D eigenvalue weighted by atomic mass is 10.0. The van der Waals surface area contributed by atoms with Gasteiger partial charge < -0.3 is 10.1 Å². The molecule has 0 amide bonds. The maximum absolute atomic E-state index is 11.8. The molecule has 0 spiro atoms. The van der Waals surface area contributed by atoms with Gasteiger partial charge in [-0.1, -0.05) is 34.8 Å². The third-order valence-corrected chi connectivity index (χ3v) is 3.69. The molecule has 0 fully saturated rings. The summed E-state index contributed by atoms with van der Waals surface area (Å²) >= 11 is 17.7. The molecule has 0 unspecified atom stereocenters. The quantitative estimate of drug-likeness (QED) is 0.834. The van der Waals surface area contributed by atoms with E-state index in [2.05, 4.69) is 4.98 Å². The molecule has 0 radical (unpaired) electrons. The van der Waals surface area contributed by atoms with Gasteiger partial charge in [0.05, 0.1) is 27.2 Å². The molecule has 1 heterocycles. The molecule has 1 aromatic carbocycles. The summed E-state index contributed by atoms with van der Waals surface area (Å²) in [4.78, 5) is 14.4. The Morgan fingerprint density at radius 2 is 1.78 bits per heavy atom. The molecular formula is C12H8Cl3NO2. The van der Waals surface area contributed by atoms with Crippen LogP contribution in [0, 0.1) is 0 Å². The summed E-state index contributed by atoms with van der Waals surface area (Å²) in [5.41, 5.74) is 1.02. The first-order valence-corrected chi connectivity index (χ1v) is 6.14. The number of aromatic nitrogens is 1. The first kappa shape index (κ1) is 13.4. The lowest BCUT2D eigenvalue weighted by molar-refractivity contribution is 0.282. The monoisotopic (exact) mass is 303 g/mol. The summed E-state index contributed by atoms with van der Waals surface area (Å²) in [6.45, 7) is -0.253. The number of nitrogens with one attached hydrogen (secondary N) is 1. The van der Waals surface area contributed by atoms with E-state index >= 15 is 0 Å². The minimum Gasteiger partial charge on any atom is -0.392 e. The second-order valence-electron chi connectivity index (χ2n) is 3.62.